The molecule has 0 aliphatic carbocycles. The molecule has 1 aromatic carbocycles. The Morgan fingerprint density at radius 1 is 1.30 bits per heavy atom. The highest BCUT2D eigenvalue weighted by Gasteiger charge is 2.20. The molecule has 0 spiro atoms. The molecule has 20 heavy (non-hydrogen) atoms. The van der Waals surface area contributed by atoms with Crippen molar-refractivity contribution in [3.63, 3.8) is 0 Å². The molecule has 2 aromatic rings. The van der Waals surface area contributed by atoms with Gasteiger partial charge in [-0.3, -0.25) is 0 Å². The molecule has 2 rings (SSSR count). The van der Waals surface area contributed by atoms with Crippen molar-refractivity contribution in [1.29, 1.82) is 0 Å². The topological polar surface area (TPSA) is 77.1 Å². The Morgan fingerprint density at radius 2 is 1.95 bits per heavy atom. The Morgan fingerprint density at radius 3 is 2.50 bits per heavy atom. The maximum Gasteiger partial charge on any atom is 0.242 e. The predicted octanol–water partition coefficient (Wildman–Crippen LogP) is 1.52. The van der Waals surface area contributed by atoms with Crippen LogP contribution in [0.15, 0.2) is 47.5 Å². The predicted molar refractivity (Wildman–Crippen MR) is 78.5 cm³/mol. The van der Waals surface area contributed by atoms with Gasteiger partial charge in [-0.05, 0) is 18.6 Å². The minimum absolute atomic E-state index is 0.239. The van der Waals surface area contributed by atoms with Gasteiger partial charge in [0.25, 0.3) is 0 Å². The van der Waals surface area contributed by atoms with E-state index in [1.54, 1.807) is 23.9 Å². The second-order valence-corrected chi connectivity index (χ2v) is 6.45. The number of nitrogens with one attached hydrogen (secondary N) is 1. The Hall–Kier alpha value is -1.63. The normalized spacial score (nSPS) is 13.3. The lowest BCUT2D eigenvalue weighted by Crippen LogP contribution is -2.26. The molecule has 1 atom stereocenters. The number of sulfonamides is 1. The first kappa shape index (κ1) is 14.8. The second kappa shape index (κ2) is 5.78. The molecule has 1 aromatic heterocycles. The lowest BCUT2D eigenvalue weighted by Gasteiger charge is -2.13. The number of nitrogens with two attached hydrogens (primary N) is 1. The van der Waals surface area contributed by atoms with Gasteiger partial charge >= 0.3 is 0 Å². The Bertz CT molecular complexity index is 678. The smallest absolute Gasteiger partial charge is 0.242 e. The summed E-state index contributed by atoms with van der Waals surface area (Å²) >= 11 is 0. The highest BCUT2D eigenvalue weighted by molar-refractivity contribution is 7.89. The molecular weight excluding hydrogens is 274 g/mol. The summed E-state index contributed by atoms with van der Waals surface area (Å²) in [4.78, 5) is 0.239. The molecule has 1 heterocycles. The van der Waals surface area contributed by atoms with Gasteiger partial charge in [-0.2, -0.15) is 0 Å². The van der Waals surface area contributed by atoms with Crippen LogP contribution in [0.2, 0.25) is 0 Å². The molecule has 5 nitrogen and oxygen atoms in total. The third-order valence-corrected chi connectivity index (χ3v) is 4.74. The first-order chi connectivity index (χ1) is 9.44. The van der Waals surface area contributed by atoms with Crippen LogP contribution in [0.4, 0.5) is 0 Å². The van der Waals surface area contributed by atoms with E-state index in [4.69, 9.17) is 5.73 Å². The zero-order valence-electron chi connectivity index (χ0n) is 11.6. The Balaban J connectivity index is 2.23. The first-order valence-electron chi connectivity index (χ1n) is 6.36. The molecule has 0 aliphatic heterocycles. The Kier molecular flexibility index (Phi) is 4.27. The van der Waals surface area contributed by atoms with Crippen molar-refractivity contribution < 1.29 is 8.42 Å². The molecule has 0 saturated carbocycles. The van der Waals surface area contributed by atoms with E-state index in [1.165, 1.54) is 0 Å². The molecule has 0 radical (unpaired) electrons. The van der Waals surface area contributed by atoms with Gasteiger partial charge in [0.2, 0.25) is 10.0 Å². The van der Waals surface area contributed by atoms with E-state index in [2.05, 4.69) is 4.72 Å². The van der Waals surface area contributed by atoms with E-state index in [0.29, 0.717) is 6.54 Å². The minimum Gasteiger partial charge on any atom is -0.352 e. The fourth-order valence-electron chi connectivity index (χ4n) is 2.04. The van der Waals surface area contributed by atoms with Gasteiger partial charge in [0.15, 0.2) is 0 Å². The van der Waals surface area contributed by atoms with Crippen LogP contribution < -0.4 is 10.5 Å². The van der Waals surface area contributed by atoms with E-state index in [0.717, 1.165) is 11.3 Å². The van der Waals surface area contributed by atoms with Crippen LogP contribution in [-0.4, -0.2) is 13.0 Å². The highest BCUT2D eigenvalue weighted by Crippen LogP contribution is 2.18. The van der Waals surface area contributed by atoms with Crippen molar-refractivity contribution >= 4 is 10.0 Å². The maximum atomic E-state index is 12.3. The molecule has 0 amide bonds. The molecular formula is C14H19N3O2S. The van der Waals surface area contributed by atoms with Crippen LogP contribution in [0.1, 0.15) is 24.2 Å². The highest BCUT2D eigenvalue weighted by atomic mass is 32.2. The van der Waals surface area contributed by atoms with Crippen LogP contribution in [0.25, 0.3) is 0 Å². The summed E-state index contributed by atoms with van der Waals surface area (Å²) in [6, 6.07) is 10.8. The van der Waals surface area contributed by atoms with Gasteiger partial charge < -0.3 is 10.3 Å². The number of aryl methyl sites for hydroxylation is 1. The van der Waals surface area contributed by atoms with Crippen LogP contribution in [-0.2, 0) is 23.6 Å². The summed E-state index contributed by atoms with van der Waals surface area (Å²) < 4.78 is 29.1. The zero-order valence-corrected chi connectivity index (χ0v) is 12.4. The van der Waals surface area contributed by atoms with Crippen molar-refractivity contribution in [2.24, 2.45) is 12.8 Å². The summed E-state index contributed by atoms with van der Waals surface area (Å²) in [5.74, 6) is 0. The molecule has 108 valence electrons. The third-order valence-electron chi connectivity index (χ3n) is 3.23. The standard InChI is InChI=1S/C14H19N3O2S/c1-11(12-6-4-3-5-7-12)16-20(18,19)14-8-13(9-15)17(2)10-14/h3-8,10-11,16H,9,15H2,1-2H3. The van der Waals surface area contributed by atoms with E-state index in [-0.39, 0.29) is 10.9 Å². The molecule has 0 saturated heterocycles. The van der Waals surface area contributed by atoms with Crippen molar-refractivity contribution in [3.05, 3.63) is 53.9 Å². The van der Waals surface area contributed by atoms with E-state index < -0.39 is 10.0 Å². The largest absolute Gasteiger partial charge is 0.352 e. The molecule has 1 unspecified atom stereocenters. The number of hydrogen-bond donors (Lipinski definition) is 2. The summed E-state index contributed by atoms with van der Waals surface area (Å²) in [6.45, 7) is 2.12. The van der Waals surface area contributed by atoms with Gasteiger partial charge in [-0.25, -0.2) is 13.1 Å². The quantitative estimate of drug-likeness (QED) is 0.877. The van der Waals surface area contributed by atoms with Gasteiger partial charge in [-0.15, -0.1) is 0 Å². The van der Waals surface area contributed by atoms with Crippen molar-refractivity contribution in [1.82, 2.24) is 9.29 Å². The fourth-order valence-corrected chi connectivity index (χ4v) is 3.36. The monoisotopic (exact) mass is 293 g/mol. The van der Waals surface area contributed by atoms with E-state index in [1.807, 2.05) is 37.3 Å². The second-order valence-electron chi connectivity index (χ2n) is 4.74. The molecule has 3 N–H and O–H groups in total. The first-order valence-corrected chi connectivity index (χ1v) is 7.85. The maximum absolute atomic E-state index is 12.3. The van der Waals surface area contributed by atoms with Gasteiger partial charge in [-0.1, -0.05) is 30.3 Å². The lowest BCUT2D eigenvalue weighted by molar-refractivity contribution is 0.567. The van der Waals surface area contributed by atoms with Crippen molar-refractivity contribution in [3.8, 4) is 0 Å². The van der Waals surface area contributed by atoms with Gasteiger partial charge in [0.1, 0.15) is 0 Å². The summed E-state index contributed by atoms with van der Waals surface area (Å²) in [5, 5.41) is 0. The number of rotatable bonds is 5. The van der Waals surface area contributed by atoms with Crippen LogP contribution in [0.5, 0.6) is 0 Å². The Labute approximate surface area is 119 Å². The number of benzene rings is 1. The SMILES string of the molecule is CC(NS(=O)(=O)c1cc(CN)n(C)c1)c1ccccc1. The average molecular weight is 293 g/mol. The van der Waals surface area contributed by atoms with Gasteiger partial charge in [0, 0.05) is 31.5 Å². The van der Waals surface area contributed by atoms with Crippen molar-refractivity contribution in [2.45, 2.75) is 24.4 Å². The zero-order chi connectivity index (χ0) is 14.8. The molecule has 0 fully saturated rings. The van der Waals surface area contributed by atoms with Crippen LogP contribution in [0.3, 0.4) is 0 Å². The summed E-state index contributed by atoms with van der Waals surface area (Å²) in [6.07, 6.45) is 1.57. The number of nitrogens with zero attached hydrogens (tertiary/aromatic N) is 1. The summed E-state index contributed by atoms with van der Waals surface area (Å²) in [7, 11) is -1.77. The average Bonchev–Trinajstić information content (AvgIpc) is 2.81. The number of hydrogen-bond acceptors (Lipinski definition) is 3. The van der Waals surface area contributed by atoms with Crippen LogP contribution in [0, 0.1) is 0 Å². The summed E-state index contributed by atoms with van der Waals surface area (Å²) in [5.41, 5.74) is 7.26. The van der Waals surface area contributed by atoms with E-state index in [9.17, 15) is 8.42 Å². The molecule has 0 bridgehead atoms. The number of aromatic nitrogens is 1. The van der Waals surface area contributed by atoms with E-state index >= 15 is 0 Å². The molecule has 0 aliphatic rings. The van der Waals surface area contributed by atoms with Crippen LogP contribution >= 0.6 is 0 Å². The molecule has 6 heteroatoms. The van der Waals surface area contributed by atoms with Gasteiger partial charge in [0.05, 0.1) is 4.90 Å². The third kappa shape index (κ3) is 3.09. The fraction of sp³-hybridized carbons (Fsp3) is 0.286. The van der Waals surface area contributed by atoms with Crippen molar-refractivity contribution in [2.75, 3.05) is 0 Å². The lowest BCUT2D eigenvalue weighted by atomic mass is 10.1. The minimum atomic E-state index is -3.55.